The van der Waals surface area contributed by atoms with E-state index in [4.69, 9.17) is 0 Å². The smallest absolute Gasteiger partial charge is 0.251 e. The summed E-state index contributed by atoms with van der Waals surface area (Å²) in [7, 11) is -1.66. The number of carbonyl (C=O) groups is 2. The normalized spacial score (nSPS) is 27.5. The van der Waals surface area contributed by atoms with Crippen molar-refractivity contribution >= 4 is 34.2 Å². The molecule has 1 amide bonds. The van der Waals surface area contributed by atoms with Gasteiger partial charge in [-0.05, 0) is 65.6 Å². The minimum absolute atomic E-state index is 0.00125. The Labute approximate surface area is 268 Å². The van der Waals surface area contributed by atoms with Crippen LogP contribution in [-0.4, -0.2) is 38.6 Å². The van der Waals surface area contributed by atoms with Gasteiger partial charge in [-0.15, -0.1) is 6.58 Å². The number of nitrogens with zero attached hydrogens (tertiary/aromatic N) is 4. The number of benzene rings is 2. The highest BCUT2D eigenvalue weighted by molar-refractivity contribution is 7.86. The number of alkyl halides is 2. The topological polar surface area (TPSA) is 94.4 Å². The molecule has 238 valence electrons. The van der Waals surface area contributed by atoms with Gasteiger partial charge in [-0.2, -0.15) is 5.26 Å². The van der Waals surface area contributed by atoms with Crippen molar-refractivity contribution in [3.63, 3.8) is 0 Å². The molecule has 2 aromatic carbocycles. The number of anilines is 2. The van der Waals surface area contributed by atoms with Gasteiger partial charge in [0, 0.05) is 42.8 Å². The summed E-state index contributed by atoms with van der Waals surface area (Å²) in [4.78, 5) is 34.9. The van der Waals surface area contributed by atoms with E-state index in [-0.39, 0.29) is 78.0 Å². The molecule has 2 heterocycles. The van der Waals surface area contributed by atoms with Crippen molar-refractivity contribution in [2.24, 2.45) is 17.8 Å². The van der Waals surface area contributed by atoms with Crippen LogP contribution in [0.3, 0.4) is 0 Å². The van der Waals surface area contributed by atoms with Crippen molar-refractivity contribution < 1.29 is 27.0 Å². The maximum atomic E-state index is 14.8. The molecular formula is C35H33F3N4O3S. The maximum Gasteiger partial charge on any atom is 0.251 e. The van der Waals surface area contributed by atoms with Crippen LogP contribution < -0.4 is 9.21 Å². The number of hydrogen-bond donors (Lipinski definition) is 0. The van der Waals surface area contributed by atoms with E-state index in [0.29, 0.717) is 11.1 Å². The Balaban J connectivity index is 1.49. The van der Waals surface area contributed by atoms with Gasteiger partial charge in [0.2, 0.25) is 5.92 Å². The Kier molecular flexibility index (Phi) is 8.59. The number of halogens is 3. The van der Waals surface area contributed by atoms with Crippen molar-refractivity contribution in [3.8, 4) is 6.07 Å². The van der Waals surface area contributed by atoms with Crippen LogP contribution in [0.15, 0.2) is 79.5 Å². The quantitative estimate of drug-likeness (QED) is 0.280. The minimum Gasteiger partial charge on any atom is -0.297 e. The standard InChI is InChI=1S/C35H33F3N4O3S/c1-3-26-27-9-4-5-10-28(27)33(30(43)15-21(2)32(26)23-18-35(37,38)19-23)41(25-8-6-7-24(36)17-25)34(44)29-12-14-46(45)42(29)31-16-22(20-39)11-13-40-31/h3-11,13,16-17,21,23,26,29,32-33H,1,12,14-15,18-19H2,2H3/t21?,26?,29?,32?,33-,46?/m0/s1. The van der Waals surface area contributed by atoms with Gasteiger partial charge in [-0.3, -0.25) is 18.8 Å². The first-order chi connectivity index (χ1) is 22.0. The van der Waals surface area contributed by atoms with E-state index in [9.17, 15) is 32.2 Å². The summed E-state index contributed by atoms with van der Waals surface area (Å²) in [6.07, 6.45) is 2.80. The number of hydrogen-bond acceptors (Lipinski definition) is 5. The molecular weight excluding hydrogens is 613 g/mol. The van der Waals surface area contributed by atoms with Crippen LogP contribution in [0.5, 0.6) is 0 Å². The Bertz CT molecular complexity index is 1750. The molecule has 5 unspecified atom stereocenters. The fraction of sp³-hybridized carbons (Fsp3) is 0.371. The van der Waals surface area contributed by atoms with E-state index >= 15 is 0 Å². The molecule has 0 N–H and O–H groups in total. The van der Waals surface area contributed by atoms with Crippen LogP contribution in [-0.2, 0) is 20.6 Å². The lowest BCUT2D eigenvalue weighted by atomic mass is 9.60. The third-order valence-electron chi connectivity index (χ3n) is 9.51. The van der Waals surface area contributed by atoms with E-state index in [1.54, 1.807) is 30.3 Å². The summed E-state index contributed by atoms with van der Waals surface area (Å²) < 4.78 is 57.6. The molecule has 0 radical (unpaired) electrons. The van der Waals surface area contributed by atoms with E-state index in [1.807, 2.05) is 19.1 Å². The third-order valence-corrected chi connectivity index (χ3v) is 11.0. The summed E-state index contributed by atoms with van der Waals surface area (Å²) in [6, 6.07) is 15.3. The monoisotopic (exact) mass is 646 g/mol. The van der Waals surface area contributed by atoms with Crippen LogP contribution in [0.1, 0.15) is 61.3 Å². The largest absolute Gasteiger partial charge is 0.297 e. The van der Waals surface area contributed by atoms with Crippen molar-refractivity contribution in [3.05, 3.63) is 102 Å². The lowest BCUT2D eigenvalue weighted by Crippen LogP contribution is -2.51. The lowest BCUT2D eigenvalue weighted by Gasteiger charge is -2.47. The second-order valence-corrected chi connectivity index (χ2v) is 13.8. The molecule has 7 nitrogen and oxygen atoms in total. The van der Waals surface area contributed by atoms with Crippen molar-refractivity contribution in [2.75, 3.05) is 15.0 Å². The SMILES string of the molecule is C=CC1c2ccccc2[C@H](N(C(=O)C2CCS(=O)N2c2cc(C#N)ccn2)c2cccc(F)c2)C(=O)CC(C)C1C1CC(F)(F)C1. The van der Waals surface area contributed by atoms with Crippen LogP contribution in [0, 0.1) is 34.9 Å². The first kappa shape index (κ1) is 31.7. The lowest BCUT2D eigenvalue weighted by molar-refractivity contribution is -0.137. The zero-order chi connectivity index (χ0) is 32.7. The summed E-state index contributed by atoms with van der Waals surface area (Å²) in [5, 5.41) is 9.45. The van der Waals surface area contributed by atoms with Gasteiger partial charge in [0.25, 0.3) is 5.91 Å². The molecule has 11 heteroatoms. The number of pyridine rings is 1. The number of amides is 1. The van der Waals surface area contributed by atoms with Crippen LogP contribution in [0.4, 0.5) is 24.7 Å². The highest BCUT2D eigenvalue weighted by Gasteiger charge is 2.53. The van der Waals surface area contributed by atoms with E-state index < -0.39 is 40.7 Å². The number of Topliss-reactive ketones (excluding diaryl/α,β-unsaturated/α-hetero) is 1. The minimum atomic E-state index is -2.74. The Hall–Kier alpha value is -4.30. The first-order valence-electron chi connectivity index (χ1n) is 15.3. The highest BCUT2D eigenvalue weighted by Crippen LogP contribution is 2.54. The molecule has 3 aliphatic rings. The Morgan fingerprint density at radius 3 is 2.57 bits per heavy atom. The van der Waals surface area contributed by atoms with Crippen molar-refractivity contribution in [1.82, 2.24) is 4.98 Å². The number of fused-ring (bicyclic) bond motifs is 1. The molecule has 1 saturated heterocycles. The molecule has 2 aliphatic carbocycles. The molecule has 3 aromatic rings. The molecule has 1 aliphatic heterocycles. The number of rotatable bonds is 6. The predicted molar refractivity (Wildman–Crippen MR) is 169 cm³/mol. The molecule has 0 spiro atoms. The van der Waals surface area contributed by atoms with E-state index in [1.165, 1.54) is 45.7 Å². The molecule has 46 heavy (non-hydrogen) atoms. The van der Waals surface area contributed by atoms with Gasteiger partial charge >= 0.3 is 0 Å². The highest BCUT2D eigenvalue weighted by atomic mass is 32.2. The second kappa shape index (κ2) is 12.5. The summed E-state index contributed by atoms with van der Waals surface area (Å²) in [6.45, 7) is 5.95. The van der Waals surface area contributed by atoms with Crippen LogP contribution >= 0.6 is 0 Å². The first-order valence-corrected chi connectivity index (χ1v) is 16.5. The maximum absolute atomic E-state index is 14.8. The zero-order valence-electron chi connectivity index (χ0n) is 25.2. The Morgan fingerprint density at radius 2 is 1.89 bits per heavy atom. The van der Waals surface area contributed by atoms with Crippen molar-refractivity contribution in [1.29, 1.82) is 5.26 Å². The predicted octanol–water partition coefficient (Wildman–Crippen LogP) is 6.65. The van der Waals surface area contributed by atoms with Gasteiger partial charge in [-0.25, -0.2) is 22.4 Å². The number of aromatic nitrogens is 1. The van der Waals surface area contributed by atoms with E-state index in [2.05, 4.69) is 11.6 Å². The average molecular weight is 647 g/mol. The summed E-state index contributed by atoms with van der Waals surface area (Å²) >= 11 is 0. The van der Waals surface area contributed by atoms with Gasteiger partial charge in [0.15, 0.2) is 5.78 Å². The average Bonchev–Trinajstić information content (AvgIpc) is 3.41. The number of carbonyl (C=O) groups excluding carboxylic acids is 2. The van der Waals surface area contributed by atoms with Crippen LogP contribution in [0.25, 0.3) is 0 Å². The summed E-state index contributed by atoms with van der Waals surface area (Å²) in [5.74, 6) is -5.18. The zero-order valence-corrected chi connectivity index (χ0v) is 26.0. The van der Waals surface area contributed by atoms with Crippen LogP contribution in [0.2, 0.25) is 0 Å². The van der Waals surface area contributed by atoms with Gasteiger partial charge in [-0.1, -0.05) is 43.3 Å². The van der Waals surface area contributed by atoms with E-state index in [0.717, 1.165) is 0 Å². The van der Waals surface area contributed by atoms with Gasteiger partial charge in [0.05, 0.1) is 11.6 Å². The molecule has 2 fully saturated rings. The molecule has 0 bridgehead atoms. The fourth-order valence-corrected chi connectivity index (χ4v) is 8.93. The number of nitriles is 1. The second-order valence-electron chi connectivity index (χ2n) is 12.4. The van der Waals surface area contributed by atoms with Gasteiger partial charge < -0.3 is 0 Å². The van der Waals surface area contributed by atoms with Gasteiger partial charge in [0.1, 0.15) is 34.7 Å². The molecule has 6 atom stereocenters. The molecule has 6 rings (SSSR count). The molecule has 1 saturated carbocycles. The molecule has 1 aromatic heterocycles. The third kappa shape index (κ3) is 5.75. The Morgan fingerprint density at radius 1 is 1.15 bits per heavy atom. The van der Waals surface area contributed by atoms with Crippen molar-refractivity contribution in [2.45, 2.75) is 56.5 Å². The summed E-state index contributed by atoms with van der Waals surface area (Å²) in [5.41, 5.74) is 1.63. The number of allylic oxidation sites excluding steroid dienone is 1. The fourth-order valence-electron chi connectivity index (χ4n) is 7.52. The number of ketones is 1.